The first-order valence-electron chi connectivity index (χ1n) is 5.38. The Kier molecular flexibility index (Phi) is 4.91. The van der Waals surface area contributed by atoms with Gasteiger partial charge in [-0.1, -0.05) is 19.1 Å². The monoisotopic (exact) mass is 226 g/mol. The van der Waals surface area contributed by atoms with Crippen LogP contribution < -0.4 is 5.32 Å². The molecule has 6 nitrogen and oxygen atoms in total. The van der Waals surface area contributed by atoms with Gasteiger partial charge in [-0.2, -0.15) is 0 Å². The van der Waals surface area contributed by atoms with Crippen molar-refractivity contribution in [1.82, 2.24) is 20.3 Å². The number of nitrogens with zero attached hydrogens (tertiary/aromatic N) is 3. The molecule has 0 aliphatic carbocycles. The van der Waals surface area contributed by atoms with Gasteiger partial charge in [-0.25, -0.2) is 4.68 Å². The van der Waals surface area contributed by atoms with Gasteiger partial charge >= 0.3 is 0 Å². The van der Waals surface area contributed by atoms with Crippen molar-refractivity contribution < 1.29 is 9.90 Å². The molecule has 0 saturated carbocycles. The maximum atomic E-state index is 11.4. The lowest BCUT2D eigenvalue weighted by Gasteiger charge is -2.06. The van der Waals surface area contributed by atoms with Gasteiger partial charge in [0.2, 0.25) is 5.91 Å². The molecule has 1 rings (SSSR count). The third kappa shape index (κ3) is 4.39. The molecule has 1 amide bonds. The first-order chi connectivity index (χ1) is 7.61. The number of rotatable bonds is 6. The minimum atomic E-state index is -0.158. The van der Waals surface area contributed by atoms with Gasteiger partial charge in [0, 0.05) is 6.54 Å². The van der Waals surface area contributed by atoms with Gasteiger partial charge in [0.1, 0.15) is 12.2 Å². The highest BCUT2D eigenvalue weighted by Crippen LogP contribution is 1.96. The van der Waals surface area contributed by atoms with E-state index in [1.54, 1.807) is 6.20 Å². The molecule has 0 saturated heterocycles. The van der Waals surface area contributed by atoms with Crippen molar-refractivity contribution in [2.45, 2.75) is 33.4 Å². The van der Waals surface area contributed by atoms with Crippen LogP contribution in [0.5, 0.6) is 0 Å². The predicted octanol–water partition coefficient (Wildman–Crippen LogP) is -0.0673. The highest BCUT2D eigenvalue weighted by molar-refractivity contribution is 5.75. The molecule has 0 unspecified atom stereocenters. The van der Waals surface area contributed by atoms with Gasteiger partial charge < -0.3 is 10.4 Å². The Labute approximate surface area is 94.7 Å². The quantitative estimate of drug-likeness (QED) is 0.711. The zero-order valence-electron chi connectivity index (χ0n) is 9.68. The van der Waals surface area contributed by atoms with Gasteiger partial charge in [0.05, 0.1) is 12.8 Å². The molecule has 0 spiro atoms. The predicted molar refractivity (Wildman–Crippen MR) is 58.4 cm³/mol. The lowest BCUT2D eigenvalue weighted by molar-refractivity contribution is -0.121. The molecule has 0 aliphatic rings. The second-order valence-electron chi connectivity index (χ2n) is 4.10. The van der Waals surface area contributed by atoms with Crippen LogP contribution in [0.15, 0.2) is 6.20 Å². The molecule has 6 heteroatoms. The van der Waals surface area contributed by atoms with E-state index in [0.29, 0.717) is 18.2 Å². The second-order valence-corrected chi connectivity index (χ2v) is 4.10. The Morgan fingerprint density at radius 1 is 1.62 bits per heavy atom. The first-order valence-corrected chi connectivity index (χ1v) is 5.38. The summed E-state index contributed by atoms with van der Waals surface area (Å²) in [5, 5.41) is 19.0. The van der Waals surface area contributed by atoms with E-state index in [9.17, 15) is 4.79 Å². The highest BCUT2D eigenvalue weighted by Gasteiger charge is 2.05. The summed E-state index contributed by atoms with van der Waals surface area (Å²) in [6.07, 6.45) is 2.52. The lowest BCUT2D eigenvalue weighted by atomic mass is 10.1. The number of aromatic nitrogens is 3. The Balaban J connectivity index is 2.28. The molecule has 16 heavy (non-hydrogen) atoms. The molecule has 1 aromatic rings. The van der Waals surface area contributed by atoms with Crippen LogP contribution in [0.3, 0.4) is 0 Å². The number of carbonyl (C=O) groups is 1. The molecule has 1 heterocycles. The van der Waals surface area contributed by atoms with Crippen LogP contribution in [-0.2, 0) is 17.9 Å². The summed E-state index contributed by atoms with van der Waals surface area (Å²) in [7, 11) is 0. The van der Waals surface area contributed by atoms with Crippen molar-refractivity contribution in [3.63, 3.8) is 0 Å². The first kappa shape index (κ1) is 12.6. The van der Waals surface area contributed by atoms with Gasteiger partial charge in [0.15, 0.2) is 0 Å². The molecular weight excluding hydrogens is 208 g/mol. The van der Waals surface area contributed by atoms with Crippen LogP contribution in [0, 0.1) is 5.92 Å². The summed E-state index contributed by atoms with van der Waals surface area (Å²) in [6.45, 7) is 4.88. The number of aliphatic hydroxyl groups is 1. The second kappa shape index (κ2) is 6.22. The van der Waals surface area contributed by atoms with Gasteiger partial charge in [-0.15, -0.1) is 5.10 Å². The van der Waals surface area contributed by atoms with Crippen LogP contribution in [-0.4, -0.2) is 32.6 Å². The lowest BCUT2D eigenvalue weighted by Crippen LogP contribution is -2.29. The third-order valence-corrected chi connectivity index (χ3v) is 2.10. The van der Waals surface area contributed by atoms with E-state index in [2.05, 4.69) is 29.5 Å². The fourth-order valence-electron chi connectivity index (χ4n) is 1.19. The fraction of sp³-hybridized carbons (Fsp3) is 0.700. The van der Waals surface area contributed by atoms with Crippen molar-refractivity contribution >= 4 is 5.91 Å². The molecule has 90 valence electrons. The average Bonchev–Trinajstić information content (AvgIpc) is 2.65. The largest absolute Gasteiger partial charge is 0.390 e. The minimum Gasteiger partial charge on any atom is -0.390 e. The Bertz CT molecular complexity index is 335. The topological polar surface area (TPSA) is 80.0 Å². The number of hydrogen-bond donors (Lipinski definition) is 2. The SMILES string of the molecule is CC(C)CCNC(=O)Cn1cc(CO)nn1. The molecule has 0 fully saturated rings. The van der Waals surface area contributed by atoms with E-state index < -0.39 is 0 Å². The molecule has 0 aliphatic heterocycles. The van der Waals surface area contributed by atoms with E-state index in [0.717, 1.165) is 6.42 Å². The maximum absolute atomic E-state index is 11.4. The van der Waals surface area contributed by atoms with E-state index in [1.807, 2.05) is 0 Å². The summed E-state index contributed by atoms with van der Waals surface area (Å²) in [5.74, 6) is 0.489. The highest BCUT2D eigenvalue weighted by atomic mass is 16.3. The summed E-state index contributed by atoms with van der Waals surface area (Å²) >= 11 is 0. The Hall–Kier alpha value is -1.43. The fourth-order valence-corrected chi connectivity index (χ4v) is 1.19. The number of carbonyl (C=O) groups excluding carboxylic acids is 1. The molecule has 2 N–H and O–H groups in total. The number of aliphatic hydroxyl groups excluding tert-OH is 1. The summed E-state index contributed by atoms with van der Waals surface area (Å²) < 4.78 is 1.41. The normalized spacial score (nSPS) is 10.8. The van der Waals surface area contributed by atoms with Crippen LogP contribution in [0.4, 0.5) is 0 Å². The zero-order valence-corrected chi connectivity index (χ0v) is 9.68. The summed E-state index contributed by atoms with van der Waals surface area (Å²) in [5.41, 5.74) is 0.468. The van der Waals surface area contributed by atoms with Crippen LogP contribution >= 0.6 is 0 Å². The number of hydrogen-bond acceptors (Lipinski definition) is 4. The Morgan fingerprint density at radius 2 is 2.38 bits per heavy atom. The van der Waals surface area contributed by atoms with Crippen molar-refractivity contribution in [1.29, 1.82) is 0 Å². The van der Waals surface area contributed by atoms with E-state index in [1.165, 1.54) is 4.68 Å². The van der Waals surface area contributed by atoms with E-state index in [4.69, 9.17) is 5.11 Å². The molecule has 1 aromatic heterocycles. The van der Waals surface area contributed by atoms with E-state index >= 15 is 0 Å². The third-order valence-electron chi connectivity index (χ3n) is 2.10. The molecule has 0 aromatic carbocycles. The average molecular weight is 226 g/mol. The van der Waals surface area contributed by atoms with Crippen LogP contribution in [0.25, 0.3) is 0 Å². The van der Waals surface area contributed by atoms with E-state index in [-0.39, 0.29) is 19.1 Å². The smallest absolute Gasteiger partial charge is 0.241 e. The van der Waals surface area contributed by atoms with Crippen molar-refractivity contribution in [3.8, 4) is 0 Å². The molecule has 0 bridgehead atoms. The van der Waals surface area contributed by atoms with Crippen molar-refractivity contribution in [2.24, 2.45) is 5.92 Å². The summed E-state index contributed by atoms with van der Waals surface area (Å²) in [6, 6.07) is 0. The van der Waals surface area contributed by atoms with Crippen LogP contribution in [0.2, 0.25) is 0 Å². The van der Waals surface area contributed by atoms with Gasteiger partial charge in [-0.3, -0.25) is 4.79 Å². The number of nitrogens with one attached hydrogen (secondary N) is 1. The standard InChI is InChI=1S/C10H18N4O2/c1-8(2)3-4-11-10(16)6-14-5-9(7-15)12-13-14/h5,8,15H,3-4,6-7H2,1-2H3,(H,11,16). The number of amides is 1. The van der Waals surface area contributed by atoms with Crippen molar-refractivity contribution in [2.75, 3.05) is 6.54 Å². The zero-order chi connectivity index (χ0) is 12.0. The Morgan fingerprint density at radius 3 is 2.94 bits per heavy atom. The van der Waals surface area contributed by atoms with Crippen molar-refractivity contribution in [3.05, 3.63) is 11.9 Å². The van der Waals surface area contributed by atoms with Gasteiger partial charge in [-0.05, 0) is 12.3 Å². The summed E-state index contributed by atoms with van der Waals surface area (Å²) in [4.78, 5) is 11.4. The van der Waals surface area contributed by atoms with Gasteiger partial charge in [0.25, 0.3) is 0 Å². The van der Waals surface area contributed by atoms with Crippen LogP contribution in [0.1, 0.15) is 26.0 Å². The maximum Gasteiger partial charge on any atom is 0.241 e. The molecular formula is C10H18N4O2. The molecule has 0 atom stereocenters. The minimum absolute atomic E-state index is 0.0879. The molecule has 0 radical (unpaired) electrons.